The molecule has 0 aliphatic rings. The fraction of sp³-hybridized carbons (Fsp3) is 0.190. The zero-order chi connectivity index (χ0) is 20.4. The van der Waals surface area contributed by atoms with Gasteiger partial charge in [0.2, 0.25) is 0 Å². The monoisotopic (exact) mass is 405 g/mol. The summed E-state index contributed by atoms with van der Waals surface area (Å²) in [6.45, 7) is 4.84. The minimum atomic E-state index is -0.426. The molecule has 0 bridgehead atoms. The summed E-state index contributed by atoms with van der Waals surface area (Å²) in [7, 11) is 0. The first-order valence-corrected chi connectivity index (χ1v) is 10.1. The molecule has 2 aromatic heterocycles. The van der Waals surface area contributed by atoms with Crippen LogP contribution in [-0.2, 0) is 6.54 Å². The Balaban J connectivity index is 1.50. The Labute approximate surface area is 171 Å². The number of hydrogen-bond acceptors (Lipinski definition) is 6. The number of nitrogens with zero attached hydrogens (tertiary/aromatic N) is 5. The Morgan fingerprint density at radius 1 is 1.14 bits per heavy atom. The van der Waals surface area contributed by atoms with Gasteiger partial charge < -0.3 is 0 Å². The van der Waals surface area contributed by atoms with Crippen LogP contribution in [0.2, 0.25) is 0 Å². The smallest absolute Gasteiger partial charge is 0.258 e. The van der Waals surface area contributed by atoms with Gasteiger partial charge in [-0.15, -0.1) is 11.3 Å². The quantitative estimate of drug-likeness (QED) is 0.327. The first kappa shape index (κ1) is 18.9. The lowest BCUT2D eigenvalue weighted by Crippen LogP contribution is -2.00. The summed E-state index contributed by atoms with van der Waals surface area (Å²) in [6, 6.07) is 14.8. The van der Waals surface area contributed by atoms with Crippen LogP contribution in [-0.4, -0.2) is 24.7 Å². The summed E-state index contributed by atoms with van der Waals surface area (Å²) in [4.78, 5) is 19.5. The highest BCUT2D eigenvalue weighted by molar-refractivity contribution is 7.13. The van der Waals surface area contributed by atoms with Crippen molar-refractivity contribution in [3.8, 4) is 22.0 Å². The maximum absolute atomic E-state index is 11.0. The molecule has 0 aliphatic carbocycles. The largest absolute Gasteiger partial charge is 0.270 e. The van der Waals surface area contributed by atoms with Gasteiger partial charge in [0.25, 0.3) is 5.69 Å². The highest BCUT2D eigenvalue weighted by Gasteiger charge is 2.12. The van der Waals surface area contributed by atoms with Crippen LogP contribution in [0, 0.1) is 10.1 Å². The van der Waals surface area contributed by atoms with E-state index in [1.807, 2.05) is 5.38 Å². The van der Waals surface area contributed by atoms with Gasteiger partial charge in [-0.25, -0.2) is 14.6 Å². The second-order valence-electron chi connectivity index (χ2n) is 6.99. The van der Waals surface area contributed by atoms with Gasteiger partial charge in [0.05, 0.1) is 17.2 Å². The molecule has 146 valence electrons. The maximum atomic E-state index is 11.0. The number of nitro groups is 1. The van der Waals surface area contributed by atoms with Crippen LogP contribution < -0.4 is 0 Å². The standard InChI is InChI=1S/C21H19N5O2S/c1-14(2)15-6-8-16(9-7-15)21-23-18(12-29-21)11-25-13-22-20(24-25)17-4-3-5-19(10-17)26(27)28/h3-10,12-14H,11H2,1-2H3. The van der Waals surface area contributed by atoms with E-state index in [0.717, 1.165) is 16.3 Å². The molecular weight excluding hydrogens is 386 g/mol. The van der Waals surface area contributed by atoms with E-state index in [4.69, 9.17) is 4.98 Å². The third-order valence-corrected chi connectivity index (χ3v) is 5.49. The number of benzene rings is 2. The van der Waals surface area contributed by atoms with E-state index < -0.39 is 4.92 Å². The van der Waals surface area contributed by atoms with Crippen molar-refractivity contribution in [3.05, 3.63) is 81.6 Å². The predicted molar refractivity (Wildman–Crippen MR) is 113 cm³/mol. The molecule has 0 radical (unpaired) electrons. The molecular formula is C21H19N5O2S. The Morgan fingerprint density at radius 3 is 2.66 bits per heavy atom. The second kappa shape index (κ2) is 7.92. The Morgan fingerprint density at radius 2 is 1.93 bits per heavy atom. The summed E-state index contributed by atoms with van der Waals surface area (Å²) in [5.74, 6) is 0.955. The van der Waals surface area contributed by atoms with Crippen molar-refractivity contribution >= 4 is 17.0 Å². The third kappa shape index (κ3) is 4.22. The second-order valence-corrected chi connectivity index (χ2v) is 7.85. The minimum Gasteiger partial charge on any atom is -0.258 e. The molecule has 2 heterocycles. The highest BCUT2D eigenvalue weighted by atomic mass is 32.1. The molecule has 4 aromatic rings. The van der Waals surface area contributed by atoms with E-state index in [1.165, 1.54) is 17.7 Å². The first-order valence-electron chi connectivity index (χ1n) is 9.18. The van der Waals surface area contributed by atoms with Crippen molar-refractivity contribution in [2.24, 2.45) is 0 Å². The Bertz CT molecular complexity index is 1150. The summed E-state index contributed by atoms with van der Waals surface area (Å²) in [5, 5.41) is 18.4. The van der Waals surface area contributed by atoms with Gasteiger partial charge in [-0.1, -0.05) is 50.2 Å². The molecule has 8 heteroatoms. The van der Waals surface area contributed by atoms with Gasteiger partial charge in [0.15, 0.2) is 5.82 Å². The lowest BCUT2D eigenvalue weighted by molar-refractivity contribution is -0.384. The van der Waals surface area contributed by atoms with Gasteiger partial charge in [-0.2, -0.15) is 5.10 Å². The van der Waals surface area contributed by atoms with Crippen molar-refractivity contribution in [2.45, 2.75) is 26.3 Å². The van der Waals surface area contributed by atoms with Crippen LogP contribution in [0.4, 0.5) is 5.69 Å². The number of thiazole rings is 1. The molecule has 2 aromatic carbocycles. The van der Waals surface area contributed by atoms with E-state index in [1.54, 1.807) is 34.5 Å². The Kier molecular flexibility index (Phi) is 5.18. The van der Waals surface area contributed by atoms with E-state index in [0.29, 0.717) is 23.9 Å². The van der Waals surface area contributed by atoms with Crippen molar-refractivity contribution in [2.75, 3.05) is 0 Å². The zero-order valence-electron chi connectivity index (χ0n) is 16.0. The van der Waals surface area contributed by atoms with Crippen molar-refractivity contribution in [1.29, 1.82) is 0 Å². The molecule has 0 N–H and O–H groups in total. The number of nitro benzene ring substituents is 1. The van der Waals surface area contributed by atoms with Gasteiger partial charge in [-0.3, -0.25) is 10.1 Å². The molecule has 0 spiro atoms. The van der Waals surface area contributed by atoms with E-state index in [9.17, 15) is 10.1 Å². The topological polar surface area (TPSA) is 86.7 Å². The molecule has 29 heavy (non-hydrogen) atoms. The number of hydrogen-bond donors (Lipinski definition) is 0. The third-order valence-electron chi connectivity index (χ3n) is 4.55. The fourth-order valence-corrected chi connectivity index (χ4v) is 3.77. The van der Waals surface area contributed by atoms with Gasteiger partial charge >= 0.3 is 0 Å². The van der Waals surface area contributed by atoms with Crippen molar-refractivity contribution < 1.29 is 4.92 Å². The summed E-state index contributed by atoms with van der Waals surface area (Å²) in [5.41, 5.74) is 3.94. The fourth-order valence-electron chi connectivity index (χ4n) is 2.95. The SMILES string of the molecule is CC(C)c1ccc(-c2nc(Cn3cnc(-c4cccc([N+](=O)[O-])c4)n3)cs2)cc1. The van der Waals surface area contributed by atoms with Crippen LogP contribution >= 0.6 is 11.3 Å². The summed E-state index contributed by atoms with van der Waals surface area (Å²) < 4.78 is 1.69. The van der Waals surface area contributed by atoms with Crippen LogP contribution in [0.15, 0.2) is 60.2 Å². The van der Waals surface area contributed by atoms with Crippen molar-refractivity contribution in [3.63, 3.8) is 0 Å². The Hall–Kier alpha value is -3.39. The van der Waals surface area contributed by atoms with Crippen LogP contribution in [0.1, 0.15) is 31.0 Å². The number of rotatable bonds is 6. The van der Waals surface area contributed by atoms with E-state index in [2.05, 4.69) is 48.2 Å². The van der Waals surface area contributed by atoms with Gasteiger partial charge in [0.1, 0.15) is 11.3 Å². The van der Waals surface area contributed by atoms with Crippen LogP contribution in [0.3, 0.4) is 0 Å². The molecule has 0 atom stereocenters. The molecule has 7 nitrogen and oxygen atoms in total. The van der Waals surface area contributed by atoms with E-state index in [-0.39, 0.29) is 5.69 Å². The predicted octanol–water partition coefficient (Wildman–Crippen LogP) is 5.15. The normalized spacial score (nSPS) is 11.1. The average molecular weight is 405 g/mol. The molecule has 0 saturated heterocycles. The maximum Gasteiger partial charge on any atom is 0.270 e. The number of aromatic nitrogens is 4. The summed E-state index contributed by atoms with van der Waals surface area (Å²) in [6.07, 6.45) is 1.62. The van der Waals surface area contributed by atoms with Crippen LogP contribution in [0.25, 0.3) is 22.0 Å². The highest BCUT2D eigenvalue weighted by Crippen LogP contribution is 2.26. The molecule has 4 rings (SSSR count). The molecule has 0 saturated carbocycles. The molecule has 0 unspecified atom stereocenters. The molecule has 0 aliphatic heterocycles. The molecule has 0 amide bonds. The molecule has 0 fully saturated rings. The average Bonchev–Trinajstić information content (AvgIpc) is 3.38. The van der Waals surface area contributed by atoms with Crippen molar-refractivity contribution in [1.82, 2.24) is 19.7 Å². The zero-order valence-corrected chi connectivity index (χ0v) is 16.8. The van der Waals surface area contributed by atoms with Gasteiger partial charge in [-0.05, 0) is 11.5 Å². The van der Waals surface area contributed by atoms with E-state index >= 15 is 0 Å². The summed E-state index contributed by atoms with van der Waals surface area (Å²) >= 11 is 1.60. The number of non-ortho nitro benzene ring substituents is 1. The first-order chi connectivity index (χ1) is 14.0. The van der Waals surface area contributed by atoms with Crippen LogP contribution in [0.5, 0.6) is 0 Å². The lowest BCUT2D eigenvalue weighted by atomic mass is 10.0. The lowest BCUT2D eigenvalue weighted by Gasteiger charge is -2.05. The minimum absolute atomic E-state index is 0.0199. The van der Waals surface area contributed by atoms with Gasteiger partial charge in [0, 0.05) is 28.6 Å².